The second-order valence-electron chi connectivity index (χ2n) is 5.91. The maximum atomic E-state index is 12.0. The van der Waals surface area contributed by atoms with Crippen LogP contribution in [-0.4, -0.2) is 33.2 Å². The Morgan fingerprint density at radius 1 is 1.00 bits per heavy atom. The van der Waals surface area contributed by atoms with Crippen molar-refractivity contribution in [3.8, 4) is 5.75 Å². The monoisotopic (exact) mass is 326 g/mol. The molecule has 0 bridgehead atoms. The predicted octanol–water partition coefficient (Wildman–Crippen LogP) is 3.05. The standard InChI is InChI=1S/C20H26N2O2/c1-4-24-19-11-7-17(8-12-19)15-20(23)21-14-13-16-5-9-18(10-6-16)22(2)3/h5-12H,4,13-15H2,1-3H3,(H,21,23). The zero-order valence-corrected chi connectivity index (χ0v) is 14.7. The minimum absolute atomic E-state index is 0.0454. The summed E-state index contributed by atoms with van der Waals surface area (Å²) in [5.74, 6) is 0.881. The molecule has 0 unspecified atom stereocenters. The molecule has 0 aliphatic rings. The van der Waals surface area contributed by atoms with Gasteiger partial charge in [0.05, 0.1) is 13.0 Å². The first-order valence-corrected chi connectivity index (χ1v) is 8.33. The summed E-state index contributed by atoms with van der Waals surface area (Å²) in [5.41, 5.74) is 3.39. The van der Waals surface area contributed by atoms with Gasteiger partial charge in [0, 0.05) is 26.3 Å². The summed E-state index contributed by atoms with van der Waals surface area (Å²) < 4.78 is 5.40. The lowest BCUT2D eigenvalue weighted by Gasteiger charge is -2.12. The molecule has 1 N–H and O–H groups in total. The summed E-state index contributed by atoms with van der Waals surface area (Å²) >= 11 is 0. The van der Waals surface area contributed by atoms with Gasteiger partial charge in [0.2, 0.25) is 5.91 Å². The number of nitrogens with zero attached hydrogens (tertiary/aromatic N) is 1. The summed E-state index contributed by atoms with van der Waals surface area (Å²) in [6.45, 7) is 3.25. The van der Waals surface area contributed by atoms with Crippen LogP contribution in [0.5, 0.6) is 5.75 Å². The molecular weight excluding hydrogens is 300 g/mol. The highest BCUT2D eigenvalue weighted by atomic mass is 16.5. The van der Waals surface area contributed by atoms with Crippen LogP contribution in [0.25, 0.3) is 0 Å². The molecule has 0 radical (unpaired) electrons. The second-order valence-corrected chi connectivity index (χ2v) is 5.91. The lowest BCUT2D eigenvalue weighted by atomic mass is 10.1. The molecule has 128 valence electrons. The molecule has 2 rings (SSSR count). The van der Waals surface area contributed by atoms with Gasteiger partial charge in [-0.1, -0.05) is 24.3 Å². The van der Waals surface area contributed by atoms with Crippen molar-refractivity contribution >= 4 is 11.6 Å². The van der Waals surface area contributed by atoms with Crippen LogP contribution in [0, 0.1) is 0 Å². The first-order valence-electron chi connectivity index (χ1n) is 8.33. The van der Waals surface area contributed by atoms with Crippen LogP contribution in [0.2, 0.25) is 0 Å². The fourth-order valence-electron chi connectivity index (χ4n) is 2.43. The van der Waals surface area contributed by atoms with E-state index in [9.17, 15) is 4.79 Å². The highest BCUT2D eigenvalue weighted by Crippen LogP contribution is 2.13. The van der Waals surface area contributed by atoms with E-state index in [1.807, 2.05) is 45.3 Å². The van der Waals surface area contributed by atoms with E-state index in [0.717, 1.165) is 17.7 Å². The Morgan fingerprint density at radius 3 is 2.21 bits per heavy atom. The van der Waals surface area contributed by atoms with Gasteiger partial charge < -0.3 is 15.0 Å². The van der Waals surface area contributed by atoms with E-state index in [0.29, 0.717) is 19.6 Å². The zero-order chi connectivity index (χ0) is 17.4. The van der Waals surface area contributed by atoms with Crippen molar-refractivity contribution in [1.29, 1.82) is 0 Å². The maximum absolute atomic E-state index is 12.0. The molecule has 0 atom stereocenters. The van der Waals surface area contributed by atoms with E-state index in [2.05, 4.69) is 34.5 Å². The topological polar surface area (TPSA) is 41.6 Å². The number of hydrogen-bond acceptors (Lipinski definition) is 3. The van der Waals surface area contributed by atoms with Gasteiger partial charge in [-0.3, -0.25) is 4.79 Å². The predicted molar refractivity (Wildman–Crippen MR) is 98.8 cm³/mol. The van der Waals surface area contributed by atoms with Crippen molar-refractivity contribution < 1.29 is 9.53 Å². The van der Waals surface area contributed by atoms with Crippen molar-refractivity contribution in [3.05, 3.63) is 59.7 Å². The molecular formula is C20H26N2O2. The van der Waals surface area contributed by atoms with Crippen LogP contribution < -0.4 is 15.0 Å². The maximum Gasteiger partial charge on any atom is 0.224 e. The Balaban J connectivity index is 1.74. The van der Waals surface area contributed by atoms with Gasteiger partial charge in [0.15, 0.2) is 0 Å². The lowest BCUT2D eigenvalue weighted by Crippen LogP contribution is -2.27. The summed E-state index contributed by atoms with van der Waals surface area (Å²) in [7, 11) is 4.05. The largest absolute Gasteiger partial charge is 0.494 e. The van der Waals surface area contributed by atoms with Crippen LogP contribution >= 0.6 is 0 Å². The summed E-state index contributed by atoms with van der Waals surface area (Å²) in [6.07, 6.45) is 1.23. The molecule has 0 aromatic heterocycles. The first-order chi connectivity index (χ1) is 11.6. The molecule has 2 aromatic carbocycles. The highest BCUT2D eigenvalue weighted by Gasteiger charge is 2.04. The Kier molecular flexibility index (Phi) is 6.67. The number of rotatable bonds is 8. The normalized spacial score (nSPS) is 10.3. The Labute approximate surface area is 144 Å². The number of amides is 1. The number of carbonyl (C=O) groups is 1. The second kappa shape index (κ2) is 8.96. The SMILES string of the molecule is CCOc1ccc(CC(=O)NCCc2ccc(N(C)C)cc2)cc1. The Bertz CT molecular complexity index is 634. The molecule has 0 saturated heterocycles. The number of carbonyl (C=O) groups excluding carboxylic acids is 1. The van der Waals surface area contributed by atoms with Crippen molar-refractivity contribution in [3.63, 3.8) is 0 Å². The van der Waals surface area contributed by atoms with E-state index in [1.165, 1.54) is 11.3 Å². The molecule has 1 amide bonds. The molecule has 0 aliphatic carbocycles. The molecule has 0 saturated carbocycles. The van der Waals surface area contributed by atoms with Crippen LogP contribution in [0.4, 0.5) is 5.69 Å². The molecule has 0 heterocycles. The van der Waals surface area contributed by atoms with Crippen LogP contribution in [0.15, 0.2) is 48.5 Å². The molecule has 2 aromatic rings. The fourth-order valence-corrected chi connectivity index (χ4v) is 2.43. The lowest BCUT2D eigenvalue weighted by molar-refractivity contribution is -0.120. The summed E-state index contributed by atoms with van der Waals surface area (Å²) in [6, 6.07) is 16.1. The third-order valence-corrected chi connectivity index (χ3v) is 3.79. The van der Waals surface area contributed by atoms with Gasteiger partial charge in [-0.25, -0.2) is 0 Å². The number of ether oxygens (including phenoxy) is 1. The minimum Gasteiger partial charge on any atom is -0.494 e. The van der Waals surface area contributed by atoms with Crippen molar-refractivity contribution in [2.75, 3.05) is 32.1 Å². The van der Waals surface area contributed by atoms with Crippen LogP contribution in [0.1, 0.15) is 18.1 Å². The molecule has 0 spiro atoms. The summed E-state index contributed by atoms with van der Waals surface area (Å²) in [5, 5.41) is 2.98. The van der Waals surface area contributed by atoms with Crippen LogP contribution in [-0.2, 0) is 17.6 Å². The first kappa shape index (κ1) is 17.9. The van der Waals surface area contributed by atoms with E-state index in [4.69, 9.17) is 4.74 Å². The van der Waals surface area contributed by atoms with E-state index >= 15 is 0 Å². The van der Waals surface area contributed by atoms with Crippen LogP contribution in [0.3, 0.4) is 0 Å². The average molecular weight is 326 g/mol. The number of nitrogens with one attached hydrogen (secondary N) is 1. The number of hydrogen-bond donors (Lipinski definition) is 1. The molecule has 4 heteroatoms. The Hall–Kier alpha value is -2.49. The molecule has 24 heavy (non-hydrogen) atoms. The highest BCUT2D eigenvalue weighted by molar-refractivity contribution is 5.78. The van der Waals surface area contributed by atoms with E-state index < -0.39 is 0 Å². The summed E-state index contributed by atoms with van der Waals surface area (Å²) in [4.78, 5) is 14.1. The van der Waals surface area contributed by atoms with Crippen molar-refractivity contribution in [2.45, 2.75) is 19.8 Å². The third-order valence-electron chi connectivity index (χ3n) is 3.79. The van der Waals surface area contributed by atoms with Gasteiger partial charge in [-0.05, 0) is 48.7 Å². The van der Waals surface area contributed by atoms with Crippen molar-refractivity contribution in [1.82, 2.24) is 5.32 Å². The van der Waals surface area contributed by atoms with Gasteiger partial charge in [-0.2, -0.15) is 0 Å². The zero-order valence-electron chi connectivity index (χ0n) is 14.7. The third kappa shape index (κ3) is 5.61. The smallest absolute Gasteiger partial charge is 0.224 e. The average Bonchev–Trinajstić information content (AvgIpc) is 2.57. The van der Waals surface area contributed by atoms with Gasteiger partial charge in [0.25, 0.3) is 0 Å². The Morgan fingerprint density at radius 2 is 1.62 bits per heavy atom. The molecule has 4 nitrogen and oxygen atoms in total. The van der Waals surface area contributed by atoms with E-state index in [1.54, 1.807) is 0 Å². The van der Waals surface area contributed by atoms with Gasteiger partial charge >= 0.3 is 0 Å². The fraction of sp³-hybridized carbons (Fsp3) is 0.350. The number of benzene rings is 2. The van der Waals surface area contributed by atoms with Gasteiger partial charge in [-0.15, -0.1) is 0 Å². The molecule has 0 fully saturated rings. The van der Waals surface area contributed by atoms with Crippen molar-refractivity contribution in [2.24, 2.45) is 0 Å². The van der Waals surface area contributed by atoms with Gasteiger partial charge in [0.1, 0.15) is 5.75 Å². The quantitative estimate of drug-likeness (QED) is 0.811. The number of anilines is 1. The minimum atomic E-state index is 0.0454. The van der Waals surface area contributed by atoms with E-state index in [-0.39, 0.29) is 5.91 Å². The molecule has 0 aliphatic heterocycles.